The Bertz CT molecular complexity index is 273. The van der Waals surface area contributed by atoms with Crippen LogP contribution >= 0.6 is 11.8 Å². The highest BCUT2D eigenvalue weighted by molar-refractivity contribution is 7.99. The van der Waals surface area contributed by atoms with Crippen LogP contribution in [-0.4, -0.2) is 27.8 Å². The number of nitrogens with zero attached hydrogens (tertiary/aromatic N) is 2. The van der Waals surface area contributed by atoms with Gasteiger partial charge in [0.1, 0.15) is 0 Å². The zero-order chi connectivity index (χ0) is 11.1. The van der Waals surface area contributed by atoms with Gasteiger partial charge in [0.25, 0.3) is 0 Å². The minimum absolute atomic E-state index is 0.445. The van der Waals surface area contributed by atoms with Crippen LogP contribution in [0.4, 0.5) is 0 Å². The first-order valence-electron chi connectivity index (χ1n) is 5.65. The van der Waals surface area contributed by atoms with Gasteiger partial charge in [-0.25, -0.2) is 0 Å². The van der Waals surface area contributed by atoms with Gasteiger partial charge >= 0.3 is 0 Å². The van der Waals surface area contributed by atoms with E-state index >= 15 is 0 Å². The molecular formula is C11H21N3S. The van der Waals surface area contributed by atoms with Gasteiger partial charge < -0.3 is 5.32 Å². The van der Waals surface area contributed by atoms with Crippen molar-refractivity contribution in [2.45, 2.75) is 33.4 Å². The summed E-state index contributed by atoms with van der Waals surface area (Å²) in [6, 6.07) is 0.445. The molecule has 1 heterocycles. The van der Waals surface area contributed by atoms with Crippen LogP contribution in [0.3, 0.4) is 0 Å². The number of rotatable bonds is 7. The predicted molar refractivity (Wildman–Crippen MR) is 67.3 cm³/mol. The molecule has 15 heavy (non-hydrogen) atoms. The van der Waals surface area contributed by atoms with Crippen molar-refractivity contribution < 1.29 is 0 Å². The highest BCUT2D eigenvalue weighted by atomic mass is 32.2. The summed E-state index contributed by atoms with van der Waals surface area (Å²) in [4.78, 5) is 0. The summed E-state index contributed by atoms with van der Waals surface area (Å²) >= 11 is 1.97. The molecule has 0 fully saturated rings. The Balaban J connectivity index is 2.60. The maximum absolute atomic E-state index is 4.31. The third kappa shape index (κ3) is 3.87. The van der Waals surface area contributed by atoms with E-state index in [1.165, 1.54) is 11.3 Å². The van der Waals surface area contributed by atoms with Crippen LogP contribution < -0.4 is 5.32 Å². The van der Waals surface area contributed by atoms with Crippen molar-refractivity contribution in [2.75, 3.05) is 18.1 Å². The topological polar surface area (TPSA) is 29.9 Å². The molecule has 1 atom stereocenters. The van der Waals surface area contributed by atoms with E-state index in [1.54, 1.807) is 0 Å². The molecule has 0 saturated heterocycles. The minimum Gasteiger partial charge on any atom is -0.309 e. The van der Waals surface area contributed by atoms with Crippen LogP contribution in [0.15, 0.2) is 12.4 Å². The molecule has 0 aliphatic rings. The van der Waals surface area contributed by atoms with Crippen molar-refractivity contribution in [1.29, 1.82) is 0 Å². The van der Waals surface area contributed by atoms with E-state index < -0.39 is 0 Å². The van der Waals surface area contributed by atoms with Crippen LogP contribution in [0.5, 0.6) is 0 Å². The molecule has 4 heteroatoms. The second kappa shape index (κ2) is 6.90. The second-order valence-corrected chi connectivity index (χ2v) is 4.72. The van der Waals surface area contributed by atoms with Crippen LogP contribution in [0.25, 0.3) is 0 Å². The average Bonchev–Trinajstić information content (AvgIpc) is 2.72. The predicted octanol–water partition coefficient (Wildman–Crippen LogP) is 2.31. The molecule has 0 spiro atoms. The summed E-state index contributed by atoms with van der Waals surface area (Å²) in [5.74, 6) is 2.30. The van der Waals surface area contributed by atoms with Gasteiger partial charge in [-0.05, 0) is 19.2 Å². The molecule has 1 aromatic heterocycles. The minimum atomic E-state index is 0.445. The van der Waals surface area contributed by atoms with Crippen molar-refractivity contribution in [3.63, 3.8) is 0 Å². The molecule has 0 saturated carbocycles. The fourth-order valence-corrected chi connectivity index (χ4v) is 2.27. The summed E-state index contributed by atoms with van der Waals surface area (Å²) in [5, 5.41) is 7.81. The van der Waals surface area contributed by atoms with Crippen LogP contribution in [-0.2, 0) is 6.54 Å². The van der Waals surface area contributed by atoms with Crippen LogP contribution in [0.2, 0.25) is 0 Å². The van der Waals surface area contributed by atoms with E-state index in [0.29, 0.717) is 6.04 Å². The number of nitrogens with one attached hydrogen (secondary N) is 1. The molecule has 0 radical (unpaired) electrons. The van der Waals surface area contributed by atoms with Gasteiger partial charge in [-0.15, -0.1) is 0 Å². The number of aromatic nitrogens is 2. The standard InChI is InChI=1S/C11H21N3S/c1-4-12-11(9-15-6-3)10-7-13-14(5-2)8-10/h7-8,11-12H,4-6,9H2,1-3H3. The summed E-state index contributed by atoms with van der Waals surface area (Å²) in [6.07, 6.45) is 4.12. The lowest BCUT2D eigenvalue weighted by molar-refractivity contribution is 0.603. The van der Waals surface area contributed by atoms with E-state index in [1.807, 2.05) is 22.6 Å². The third-order valence-electron chi connectivity index (χ3n) is 2.32. The van der Waals surface area contributed by atoms with Gasteiger partial charge in [0.2, 0.25) is 0 Å². The summed E-state index contributed by atoms with van der Waals surface area (Å²) < 4.78 is 1.98. The lowest BCUT2D eigenvalue weighted by atomic mass is 10.2. The van der Waals surface area contributed by atoms with Crippen molar-refractivity contribution >= 4 is 11.8 Å². The Labute approximate surface area is 96.6 Å². The number of hydrogen-bond donors (Lipinski definition) is 1. The molecule has 3 nitrogen and oxygen atoms in total. The Kier molecular flexibility index (Phi) is 5.79. The Hall–Kier alpha value is -0.480. The molecule has 0 amide bonds. The van der Waals surface area contributed by atoms with Gasteiger partial charge in [0.05, 0.1) is 6.20 Å². The van der Waals surface area contributed by atoms with Crippen LogP contribution in [0.1, 0.15) is 32.4 Å². The maximum Gasteiger partial charge on any atom is 0.0537 e. The molecule has 1 rings (SSSR count). The van der Waals surface area contributed by atoms with Crippen molar-refractivity contribution in [3.8, 4) is 0 Å². The molecule has 1 unspecified atom stereocenters. The van der Waals surface area contributed by atoms with Crippen molar-refractivity contribution in [1.82, 2.24) is 15.1 Å². The molecule has 0 aromatic carbocycles. The SMILES string of the molecule is CCNC(CSCC)c1cnn(CC)c1. The van der Waals surface area contributed by atoms with E-state index in [2.05, 4.69) is 37.4 Å². The smallest absolute Gasteiger partial charge is 0.0537 e. The fraction of sp³-hybridized carbons (Fsp3) is 0.727. The van der Waals surface area contributed by atoms with Gasteiger partial charge in [0, 0.05) is 30.1 Å². The highest BCUT2D eigenvalue weighted by Gasteiger charge is 2.11. The lowest BCUT2D eigenvalue weighted by Gasteiger charge is -2.15. The molecule has 1 N–H and O–H groups in total. The first-order chi connectivity index (χ1) is 7.31. The second-order valence-electron chi connectivity index (χ2n) is 3.40. The lowest BCUT2D eigenvalue weighted by Crippen LogP contribution is -2.22. The Morgan fingerprint density at radius 2 is 2.27 bits per heavy atom. The van der Waals surface area contributed by atoms with Crippen molar-refractivity contribution in [3.05, 3.63) is 18.0 Å². The zero-order valence-corrected chi connectivity index (χ0v) is 10.7. The third-order valence-corrected chi connectivity index (χ3v) is 3.30. The van der Waals surface area contributed by atoms with E-state index in [9.17, 15) is 0 Å². The summed E-state index contributed by atoms with van der Waals surface area (Å²) in [7, 11) is 0. The van der Waals surface area contributed by atoms with Crippen LogP contribution in [0, 0.1) is 0 Å². The van der Waals surface area contributed by atoms with Crippen molar-refractivity contribution in [2.24, 2.45) is 0 Å². The number of hydrogen-bond acceptors (Lipinski definition) is 3. The van der Waals surface area contributed by atoms with E-state index in [-0.39, 0.29) is 0 Å². The number of thioether (sulfide) groups is 1. The normalized spacial score (nSPS) is 13.0. The molecule has 86 valence electrons. The highest BCUT2D eigenvalue weighted by Crippen LogP contribution is 2.17. The van der Waals surface area contributed by atoms with Gasteiger partial charge in [-0.3, -0.25) is 4.68 Å². The molecule has 0 bridgehead atoms. The quantitative estimate of drug-likeness (QED) is 0.775. The molecule has 0 aliphatic carbocycles. The van der Waals surface area contributed by atoms with Gasteiger partial charge in [-0.1, -0.05) is 13.8 Å². The zero-order valence-electron chi connectivity index (χ0n) is 9.86. The monoisotopic (exact) mass is 227 g/mol. The van der Waals surface area contributed by atoms with Gasteiger partial charge in [-0.2, -0.15) is 16.9 Å². The van der Waals surface area contributed by atoms with E-state index in [0.717, 1.165) is 18.8 Å². The average molecular weight is 227 g/mol. The Morgan fingerprint density at radius 1 is 1.47 bits per heavy atom. The molecular weight excluding hydrogens is 206 g/mol. The van der Waals surface area contributed by atoms with Gasteiger partial charge in [0.15, 0.2) is 0 Å². The molecule has 0 aliphatic heterocycles. The largest absolute Gasteiger partial charge is 0.309 e. The number of aryl methyl sites for hydroxylation is 1. The first kappa shape index (κ1) is 12.6. The summed E-state index contributed by atoms with van der Waals surface area (Å²) in [6.45, 7) is 8.41. The van der Waals surface area contributed by atoms with E-state index in [4.69, 9.17) is 0 Å². The Morgan fingerprint density at radius 3 is 2.80 bits per heavy atom. The first-order valence-corrected chi connectivity index (χ1v) is 6.80. The molecule has 1 aromatic rings. The fourth-order valence-electron chi connectivity index (χ4n) is 1.49. The summed E-state index contributed by atoms with van der Waals surface area (Å²) in [5.41, 5.74) is 1.31. The maximum atomic E-state index is 4.31.